The first-order valence-corrected chi connectivity index (χ1v) is 11.3. The molecule has 35 heavy (non-hydrogen) atoms. The first-order valence-electron chi connectivity index (χ1n) is 11.3. The molecule has 0 spiro atoms. The number of carbonyl (C=O) groups is 2. The molecule has 0 amide bonds. The van der Waals surface area contributed by atoms with Crippen LogP contribution in [-0.2, 0) is 31.9 Å². The van der Waals surface area contributed by atoms with Gasteiger partial charge in [0.25, 0.3) is 0 Å². The Morgan fingerprint density at radius 3 is 1.40 bits per heavy atom. The van der Waals surface area contributed by atoms with Crippen molar-refractivity contribution in [3.8, 4) is 11.5 Å². The number of aryl methyl sites for hydroxylation is 2. The number of ether oxygens (including phenoxy) is 4. The van der Waals surface area contributed by atoms with E-state index in [9.17, 15) is 19.8 Å². The molecular weight excluding hydrogens is 452 g/mol. The standard InChI is InChI=1S/C27H32O8/c1-3-26(30)34-18-22(28)16-32-24-12-8-20(9-13-24)6-5-7-21-10-14-25(15-11-21)33-17-23(29)19-35-27(31)4-2/h3-4,8-15,22-23,28-29H,1-2,5-7,16-19H2. The van der Waals surface area contributed by atoms with E-state index in [1.807, 2.05) is 48.5 Å². The molecule has 2 N–H and O–H groups in total. The summed E-state index contributed by atoms with van der Waals surface area (Å²) in [6.07, 6.45) is 3.01. The van der Waals surface area contributed by atoms with Crippen molar-refractivity contribution in [2.45, 2.75) is 31.5 Å². The number of benzene rings is 2. The molecule has 8 nitrogen and oxygen atoms in total. The van der Waals surface area contributed by atoms with E-state index < -0.39 is 24.1 Å². The average molecular weight is 485 g/mol. The van der Waals surface area contributed by atoms with Gasteiger partial charge in [0.1, 0.15) is 50.1 Å². The maximum absolute atomic E-state index is 11.0. The normalized spacial score (nSPS) is 12.2. The number of hydrogen-bond donors (Lipinski definition) is 2. The van der Waals surface area contributed by atoms with Crippen molar-refractivity contribution in [2.75, 3.05) is 26.4 Å². The summed E-state index contributed by atoms with van der Waals surface area (Å²) >= 11 is 0. The Kier molecular flexibility index (Phi) is 12.1. The van der Waals surface area contributed by atoms with Gasteiger partial charge in [0.05, 0.1) is 0 Å². The summed E-state index contributed by atoms with van der Waals surface area (Å²) in [5.74, 6) is 0.0845. The van der Waals surface area contributed by atoms with Crippen LogP contribution in [0.1, 0.15) is 17.5 Å². The molecule has 2 aromatic carbocycles. The fourth-order valence-electron chi connectivity index (χ4n) is 2.96. The lowest BCUT2D eigenvalue weighted by atomic mass is 10.0. The number of esters is 2. The molecule has 0 saturated heterocycles. The first-order chi connectivity index (χ1) is 16.9. The Bertz CT molecular complexity index is 859. The molecule has 0 saturated carbocycles. The van der Waals surface area contributed by atoms with Gasteiger partial charge in [-0.25, -0.2) is 9.59 Å². The Morgan fingerprint density at radius 2 is 1.06 bits per heavy atom. The summed E-state index contributed by atoms with van der Waals surface area (Å²) < 4.78 is 20.6. The number of rotatable bonds is 16. The van der Waals surface area contributed by atoms with E-state index >= 15 is 0 Å². The predicted octanol–water partition coefficient (Wildman–Crippen LogP) is 2.80. The molecular formula is C27H32O8. The summed E-state index contributed by atoms with van der Waals surface area (Å²) in [4.78, 5) is 22.0. The Hall–Kier alpha value is -3.62. The van der Waals surface area contributed by atoms with E-state index in [2.05, 4.69) is 13.2 Å². The van der Waals surface area contributed by atoms with E-state index in [1.165, 1.54) is 11.1 Å². The van der Waals surface area contributed by atoms with E-state index in [4.69, 9.17) is 18.9 Å². The van der Waals surface area contributed by atoms with Crippen LogP contribution in [0.3, 0.4) is 0 Å². The molecule has 2 atom stereocenters. The molecule has 188 valence electrons. The van der Waals surface area contributed by atoms with E-state index in [0.29, 0.717) is 11.5 Å². The largest absolute Gasteiger partial charge is 0.491 e. The van der Waals surface area contributed by atoms with Crippen molar-refractivity contribution in [3.63, 3.8) is 0 Å². The zero-order valence-electron chi connectivity index (χ0n) is 19.6. The Morgan fingerprint density at radius 1 is 0.686 bits per heavy atom. The van der Waals surface area contributed by atoms with Gasteiger partial charge in [0, 0.05) is 12.2 Å². The molecule has 2 rings (SSSR count). The van der Waals surface area contributed by atoms with E-state index in [1.54, 1.807) is 0 Å². The molecule has 0 aliphatic carbocycles. The van der Waals surface area contributed by atoms with Crippen molar-refractivity contribution in [3.05, 3.63) is 85.0 Å². The minimum Gasteiger partial charge on any atom is -0.491 e. The zero-order valence-corrected chi connectivity index (χ0v) is 19.6. The van der Waals surface area contributed by atoms with Gasteiger partial charge in [-0.05, 0) is 54.7 Å². The summed E-state index contributed by atoms with van der Waals surface area (Å²) in [6.45, 7) is 6.33. The molecule has 0 aliphatic rings. The monoisotopic (exact) mass is 484 g/mol. The molecule has 0 bridgehead atoms. The second-order valence-corrected chi connectivity index (χ2v) is 7.74. The van der Waals surface area contributed by atoms with Gasteiger partial charge in [-0.15, -0.1) is 0 Å². The second kappa shape index (κ2) is 15.3. The van der Waals surface area contributed by atoms with Crippen LogP contribution in [0.15, 0.2) is 73.8 Å². The Labute approximate surface area is 205 Å². The highest BCUT2D eigenvalue weighted by molar-refractivity contribution is 5.81. The highest BCUT2D eigenvalue weighted by atomic mass is 16.6. The van der Waals surface area contributed by atoms with Crippen LogP contribution in [0.25, 0.3) is 0 Å². The highest BCUT2D eigenvalue weighted by Gasteiger charge is 2.09. The van der Waals surface area contributed by atoms with Crippen LogP contribution < -0.4 is 9.47 Å². The molecule has 0 radical (unpaired) electrons. The van der Waals surface area contributed by atoms with Gasteiger partial charge < -0.3 is 29.2 Å². The molecule has 2 aromatic rings. The van der Waals surface area contributed by atoms with Gasteiger partial charge in [0.2, 0.25) is 0 Å². The smallest absolute Gasteiger partial charge is 0.330 e. The van der Waals surface area contributed by atoms with Gasteiger partial charge in [-0.3, -0.25) is 0 Å². The third-order valence-electron chi connectivity index (χ3n) is 4.83. The molecule has 2 unspecified atom stereocenters. The number of aliphatic hydroxyl groups excluding tert-OH is 2. The molecule has 0 aromatic heterocycles. The van der Waals surface area contributed by atoms with Gasteiger partial charge >= 0.3 is 11.9 Å². The number of hydrogen-bond acceptors (Lipinski definition) is 8. The summed E-state index contributed by atoms with van der Waals surface area (Å²) in [7, 11) is 0. The fraction of sp³-hybridized carbons (Fsp3) is 0.333. The van der Waals surface area contributed by atoms with Crippen LogP contribution in [0.4, 0.5) is 0 Å². The second-order valence-electron chi connectivity index (χ2n) is 7.74. The third-order valence-corrected chi connectivity index (χ3v) is 4.83. The molecule has 0 aliphatic heterocycles. The van der Waals surface area contributed by atoms with Crippen LogP contribution in [-0.4, -0.2) is 60.8 Å². The SMILES string of the molecule is C=CC(=O)OCC(O)COc1ccc(CCCc2ccc(OCC(O)COC(=O)C=C)cc2)cc1. The van der Waals surface area contributed by atoms with E-state index in [0.717, 1.165) is 31.4 Å². The lowest BCUT2D eigenvalue weighted by Gasteiger charge is -2.13. The maximum Gasteiger partial charge on any atom is 0.330 e. The average Bonchev–Trinajstić information content (AvgIpc) is 2.89. The summed E-state index contributed by atoms with van der Waals surface area (Å²) in [5, 5.41) is 19.6. The topological polar surface area (TPSA) is 112 Å². The summed E-state index contributed by atoms with van der Waals surface area (Å²) in [5.41, 5.74) is 2.34. The molecule has 0 fully saturated rings. The van der Waals surface area contributed by atoms with Gasteiger partial charge in [-0.1, -0.05) is 37.4 Å². The lowest BCUT2D eigenvalue weighted by Crippen LogP contribution is -2.24. The van der Waals surface area contributed by atoms with Gasteiger partial charge in [0.15, 0.2) is 0 Å². The van der Waals surface area contributed by atoms with Crippen LogP contribution in [0.2, 0.25) is 0 Å². The Balaban J connectivity index is 1.65. The maximum atomic E-state index is 11.0. The van der Waals surface area contributed by atoms with Crippen LogP contribution >= 0.6 is 0 Å². The fourth-order valence-corrected chi connectivity index (χ4v) is 2.96. The first kappa shape index (κ1) is 27.6. The molecule has 0 heterocycles. The van der Waals surface area contributed by atoms with Gasteiger partial charge in [-0.2, -0.15) is 0 Å². The highest BCUT2D eigenvalue weighted by Crippen LogP contribution is 2.17. The van der Waals surface area contributed by atoms with Crippen molar-refractivity contribution in [2.24, 2.45) is 0 Å². The van der Waals surface area contributed by atoms with Crippen LogP contribution in [0.5, 0.6) is 11.5 Å². The molecule has 8 heteroatoms. The quantitative estimate of drug-likeness (QED) is 0.276. The van der Waals surface area contributed by atoms with Crippen LogP contribution in [0, 0.1) is 0 Å². The lowest BCUT2D eigenvalue weighted by molar-refractivity contribution is -0.142. The third kappa shape index (κ3) is 11.4. The minimum absolute atomic E-state index is 0.0191. The van der Waals surface area contributed by atoms with Crippen molar-refractivity contribution >= 4 is 11.9 Å². The zero-order chi connectivity index (χ0) is 25.5. The van der Waals surface area contributed by atoms with Crippen molar-refractivity contribution in [1.82, 2.24) is 0 Å². The van der Waals surface area contributed by atoms with Crippen molar-refractivity contribution < 1.29 is 38.7 Å². The summed E-state index contributed by atoms with van der Waals surface area (Å²) in [6, 6.07) is 15.3. The number of aliphatic hydroxyl groups is 2. The van der Waals surface area contributed by atoms with Crippen molar-refractivity contribution in [1.29, 1.82) is 0 Å². The minimum atomic E-state index is -0.914. The van der Waals surface area contributed by atoms with E-state index in [-0.39, 0.29) is 26.4 Å². The predicted molar refractivity (Wildman–Crippen MR) is 130 cm³/mol. The number of carbonyl (C=O) groups excluding carboxylic acids is 2.